The zero-order valence-electron chi connectivity index (χ0n) is 17.3. The first kappa shape index (κ1) is 19.1. The van der Waals surface area contributed by atoms with Crippen LogP contribution in [0.3, 0.4) is 0 Å². The molecule has 5 heteroatoms. The normalized spacial score (nSPS) is 33.7. The van der Waals surface area contributed by atoms with E-state index in [2.05, 4.69) is 15.1 Å². The number of carbonyl (C=O) groups excluding carboxylic acids is 2. The second-order valence-corrected chi connectivity index (χ2v) is 10.0. The van der Waals surface area contributed by atoms with Crippen molar-refractivity contribution in [3.63, 3.8) is 0 Å². The number of piperazine rings is 1. The van der Waals surface area contributed by atoms with Crippen molar-refractivity contribution in [3.8, 4) is 0 Å². The second-order valence-electron chi connectivity index (χ2n) is 10.0. The largest absolute Gasteiger partial charge is 0.351 e. The quantitative estimate of drug-likeness (QED) is 0.834. The van der Waals surface area contributed by atoms with Crippen molar-refractivity contribution >= 4 is 11.8 Å². The Hall–Kier alpha value is -1.88. The smallest absolute Gasteiger partial charge is 0.234 e. The lowest BCUT2D eigenvalue weighted by Crippen LogP contribution is -2.58. The fourth-order valence-corrected chi connectivity index (χ4v) is 6.87. The average molecular weight is 396 g/mol. The molecule has 1 aromatic carbocycles. The third-order valence-electron chi connectivity index (χ3n) is 7.85. The molecule has 0 unspecified atom stereocenters. The summed E-state index contributed by atoms with van der Waals surface area (Å²) in [4.78, 5) is 30.1. The van der Waals surface area contributed by atoms with E-state index in [0.29, 0.717) is 19.0 Å². The van der Waals surface area contributed by atoms with Gasteiger partial charge >= 0.3 is 0 Å². The molecule has 0 aromatic heterocycles. The van der Waals surface area contributed by atoms with E-state index in [0.717, 1.165) is 68.8 Å². The van der Waals surface area contributed by atoms with E-state index < -0.39 is 0 Å². The molecule has 1 aromatic rings. The molecular formula is C24H33N3O2. The summed E-state index contributed by atoms with van der Waals surface area (Å²) in [6.45, 7) is 4.14. The number of hydrogen-bond acceptors (Lipinski definition) is 3. The van der Waals surface area contributed by atoms with Crippen LogP contribution in [-0.4, -0.2) is 54.3 Å². The van der Waals surface area contributed by atoms with Crippen LogP contribution < -0.4 is 5.32 Å². The lowest BCUT2D eigenvalue weighted by molar-refractivity contribution is -0.159. The van der Waals surface area contributed by atoms with Gasteiger partial charge in [-0.2, -0.15) is 0 Å². The molecule has 0 atom stereocenters. The molecule has 5 aliphatic rings. The highest BCUT2D eigenvalue weighted by molar-refractivity contribution is 5.83. The summed E-state index contributed by atoms with van der Waals surface area (Å²) < 4.78 is 0. The van der Waals surface area contributed by atoms with E-state index in [1.54, 1.807) is 0 Å². The predicted octanol–water partition coefficient (Wildman–Crippen LogP) is 2.66. The van der Waals surface area contributed by atoms with Crippen LogP contribution in [0.5, 0.6) is 0 Å². The summed E-state index contributed by atoms with van der Waals surface area (Å²) >= 11 is 0. The Balaban J connectivity index is 1.10. The van der Waals surface area contributed by atoms with E-state index in [1.807, 2.05) is 30.3 Å². The van der Waals surface area contributed by atoms with E-state index in [9.17, 15) is 9.59 Å². The molecule has 0 spiro atoms. The first-order valence-corrected chi connectivity index (χ1v) is 11.4. The van der Waals surface area contributed by atoms with Crippen molar-refractivity contribution in [2.75, 3.05) is 32.7 Å². The summed E-state index contributed by atoms with van der Waals surface area (Å²) in [5, 5.41) is 3.01. The van der Waals surface area contributed by atoms with Gasteiger partial charge in [-0.25, -0.2) is 0 Å². The van der Waals surface area contributed by atoms with Gasteiger partial charge in [0.2, 0.25) is 11.8 Å². The Bertz CT molecular complexity index is 719. The number of rotatable bonds is 5. The van der Waals surface area contributed by atoms with E-state index in [-0.39, 0.29) is 11.3 Å². The zero-order valence-corrected chi connectivity index (χ0v) is 17.3. The Morgan fingerprint density at radius 3 is 2.07 bits per heavy atom. The van der Waals surface area contributed by atoms with E-state index in [1.165, 1.54) is 19.3 Å². The fourth-order valence-electron chi connectivity index (χ4n) is 6.87. The highest BCUT2D eigenvalue weighted by Gasteiger charge is 2.55. The van der Waals surface area contributed by atoms with Gasteiger partial charge in [0.15, 0.2) is 0 Å². The van der Waals surface area contributed by atoms with Crippen molar-refractivity contribution in [3.05, 3.63) is 35.9 Å². The molecule has 1 aliphatic heterocycles. The van der Waals surface area contributed by atoms with Crippen LogP contribution in [0, 0.1) is 23.2 Å². The SMILES string of the molecule is O=C(CN1CCN(C(=O)C23CC4CC(CC(C4)C2)C3)CC1)NCc1ccccc1. The van der Waals surface area contributed by atoms with Gasteiger partial charge in [-0.3, -0.25) is 14.5 Å². The van der Waals surface area contributed by atoms with Gasteiger partial charge < -0.3 is 10.2 Å². The fraction of sp³-hybridized carbons (Fsp3) is 0.667. The van der Waals surface area contributed by atoms with E-state index in [4.69, 9.17) is 0 Å². The van der Waals surface area contributed by atoms with Crippen molar-refractivity contribution in [2.45, 2.75) is 45.1 Å². The summed E-state index contributed by atoms with van der Waals surface area (Å²) in [6.07, 6.45) is 7.54. The Kier molecular flexibility index (Phi) is 5.10. The monoisotopic (exact) mass is 395 g/mol. The predicted molar refractivity (Wildman–Crippen MR) is 112 cm³/mol. The average Bonchev–Trinajstić information content (AvgIpc) is 2.72. The molecule has 4 saturated carbocycles. The number of amides is 2. The van der Waals surface area contributed by atoms with Crippen LogP contribution in [0.1, 0.15) is 44.1 Å². The van der Waals surface area contributed by atoms with Gasteiger partial charge in [-0.15, -0.1) is 0 Å². The Morgan fingerprint density at radius 2 is 1.48 bits per heavy atom. The van der Waals surface area contributed by atoms with Gasteiger partial charge in [0.25, 0.3) is 0 Å². The van der Waals surface area contributed by atoms with Gasteiger partial charge in [-0.05, 0) is 61.8 Å². The number of benzene rings is 1. The van der Waals surface area contributed by atoms with Crippen LogP contribution in [0.25, 0.3) is 0 Å². The van der Waals surface area contributed by atoms with Crippen molar-refractivity contribution in [1.82, 2.24) is 15.1 Å². The van der Waals surface area contributed by atoms with Crippen molar-refractivity contribution < 1.29 is 9.59 Å². The highest BCUT2D eigenvalue weighted by atomic mass is 16.2. The molecule has 2 amide bonds. The first-order valence-electron chi connectivity index (χ1n) is 11.4. The Labute approximate surface area is 173 Å². The van der Waals surface area contributed by atoms with Crippen LogP contribution in [0.4, 0.5) is 0 Å². The lowest BCUT2D eigenvalue weighted by atomic mass is 9.49. The molecule has 0 radical (unpaired) electrons. The minimum atomic E-state index is -0.0377. The van der Waals surface area contributed by atoms with Gasteiger partial charge in [0.1, 0.15) is 0 Å². The van der Waals surface area contributed by atoms with Crippen LogP contribution in [0.2, 0.25) is 0 Å². The molecule has 29 heavy (non-hydrogen) atoms. The molecule has 4 bridgehead atoms. The van der Waals surface area contributed by atoms with Gasteiger partial charge in [-0.1, -0.05) is 30.3 Å². The van der Waals surface area contributed by atoms with Crippen LogP contribution in [-0.2, 0) is 16.1 Å². The highest BCUT2D eigenvalue weighted by Crippen LogP contribution is 2.60. The third kappa shape index (κ3) is 3.94. The molecule has 5 fully saturated rings. The van der Waals surface area contributed by atoms with Gasteiger partial charge in [0, 0.05) is 32.7 Å². The standard InChI is InChI=1S/C24H33N3O2/c28-22(25-16-18-4-2-1-3-5-18)17-26-6-8-27(9-7-26)23(29)24-13-19-10-20(14-24)12-21(11-19)15-24/h1-5,19-21H,6-17H2,(H,25,28). The maximum absolute atomic E-state index is 13.5. The topological polar surface area (TPSA) is 52.7 Å². The summed E-state index contributed by atoms with van der Waals surface area (Å²) in [5.74, 6) is 2.92. The molecule has 1 saturated heterocycles. The Morgan fingerprint density at radius 1 is 0.897 bits per heavy atom. The summed E-state index contributed by atoms with van der Waals surface area (Å²) in [7, 11) is 0. The number of hydrogen-bond donors (Lipinski definition) is 1. The molecule has 4 aliphatic carbocycles. The maximum atomic E-state index is 13.5. The number of nitrogens with zero attached hydrogens (tertiary/aromatic N) is 2. The van der Waals surface area contributed by atoms with E-state index >= 15 is 0 Å². The van der Waals surface area contributed by atoms with Crippen LogP contribution >= 0.6 is 0 Å². The zero-order chi connectivity index (χ0) is 19.8. The molecule has 1 heterocycles. The number of carbonyl (C=O) groups is 2. The summed E-state index contributed by atoms with van der Waals surface area (Å²) in [5.41, 5.74) is 1.08. The lowest BCUT2D eigenvalue weighted by Gasteiger charge is -2.57. The minimum Gasteiger partial charge on any atom is -0.351 e. The number of nitrogens with one attached hydrogen (secondary N) is 1. The molecule has 5 nitrogen and oxygen atoms in total. The van der Waals surface area contributed by atoms with Crippen molar-refractivity contribution in [1.29, 1.82) is 0 Å². The molecule has 156 valence electrons. The molecular weight excluding hydrogens is 362 g/mol. The summed E-state index contributed by atoms with van der Waals surface area (Å²) in [6, 6.07) is 10.0. The van der Waals surface area contributed by atoms with Crippen molar-refractivity contribution in [2.24, 2.45) is 23.2 Å². The second kappa shape index (κ2) is 7.75. The van der Waals surface area contributed by atoms with Crippen LogP contribution in [0.15, 0.2) is 30.3 Å². The minimum absolute atomic E-state index is 0.0377. The molecule has 6 rings (SSSR count). The van der Waals surface area contributed by atoms with Gasteiger partial charge in [0.05, 0.1) is 12.0 Å². The first-order chi connectivity index (χ1) is 14.1. The maximum Gasteiger partial charge on any atom is 0.234 e. The molecule has 1 N–H and O–H groups in total. The third-order valence-corrected chi connectivity index (χ3v) is 7.85.